The van der Waals surface area contributed by atoms with Crippen LogP contribution in [0.25, 0.3) is 0 Å². The number of urea groups is 1. The highest BCUT2D eigenvalue weighted by atomic mass is 16.5. The van der Waals surface area contributed by atoms with Gasteiger partial charge in [-0.1, -0.05) is 50.3 Å². The first-order chi connectivity index (χ1) is 14.6. The number of piperidine rings is 1. The Morgan fingerprint density at radius 1 is 0.900 bits per heavy atom. The first-order valence-electron chi connectivity index (χ1n) is 11.2. The van der Waals surface area contributed by atoms with Crippen LogP contribution in [0.5, 0.6) is 0 Å². The lowest BCUT2D eigenvalue weighted by Gasteiger charge is -2.31. The van der Waals surface area contributed by atoms with Crippen LogP contribution < -0.4 is 10.6 Å². The highest BCUT2D eigenvalue weighted by molar-refractivity contribution is 5.89. The Balaban J connectivity index is 1.34. The van der Waals surface area contributed by atoms with Crippen molar-refractivity contribution in [1.82, 2.24) is 10.2 Å². The van der Waals surface area contributed by atoms with Crippen LogP contribution >= 0.6 is 0 Å². The van der Waals surface area contributed by atoms with Gasteiger partial charge in [-0.15, -0.1) is 0 Å². The van der Waals surface area contributed by atoms with E-state index in [1.165, 1.54) is 19.3 Å². The molecule has 0 unspecified atom stereocenters. The van der Waals surface area contributed by atoms with Gasteiger partial charge >= 0.3 is 12.0 Å². The number of nitrogens with one attached hydrogen (secondary N) is 2. The fourth-order valence-corrected chi connectivity index (χ4v) is 4.17. The van der Waals surface area contributed by atoms with Gasteiger partial charge in [0, 0.05) is 24.8 Å². The number of benzene rings is 1. The van der Waals surface area contributed by atoms with Crippen LogP contribution in [-0.2, 0) is 14.3 Å². The standard InChI is InChI=1S/C23H33N3O4/c27-21(24-19-9-5-2-1-3-6-10-19)17-30-22(28)18-13-15-26(16-14-18)23(29)25-20-11-7-4-8-12-20/h4,7-8,11-12,18-19H,1-3,5-6,9-10,13-17H2,(H,24,27)(H,25,29). The predicted molar refractivity (Wildman–Crippen MR) is 115 cm³/mol. The van der Waals surface area contributed by atoms with Crippen molar-refractivity contribution < 1.29 is 19.1 Å². The molecule has 164 valence electrons. The average Bonchev–Trinajstić information content (AvgIpc) is 2.74. The average molecular weight is 416 g/mol. The number of hydrogen-bond donors (Lipinski definition) is 2. The molecule has 2 aliphatic rings. The van der Waals surface area contributed by atoms with E-state index in [0.717, 1.165) is 31.4 Å². The highest BCUT2D eigenvalue weighted by Crippen LogP contribution is 2.20. The van der Waals surface area contributed by atoms with Crippen molar-refractivity contribution in [2.24, 2.45) is 5.92 Å². The van der Waals surface area contributed by atoms with E-state index in [1.54, 1.807) is 4.90 Å². The zero-order valence-corrected chi connectivity index (χ0v) is 17.6. The summed E-state index contributed by atoms with van der Waals surface area (Å²) in [5.41, 5.74) is 0.749. The lowest BCUT2D eigenvalue weighted by molar-refractivity contribution is -0.154. The van der Waals surface area contributed by atoms with Gasteiger partial charge in [0.15, 0.2) is 6.61 Å². The Bertz CT molecular complexity index is 694. The normalized spacial score (nSPS) is 18.7. The Kier molecular flexibility index (Phi) is 8.53. The molecule has 1 aromatic rings. The van der Waals surface area contributed by atoms with E-state index in [1.807, 2.05) is 30.3 Å². The maximum Gasteiger partial charge on any atom is 0.321 e. The minimum atomic E-state index is -0.342. The summed E-state index contributed by atoms with van der Waals surface area (Å²) in [6.07, 6.45) is 9.11. The first kappa shape index (κ1) is 22.1. The number of ether oxygens (including phenoxy) is 1. The van der Waals surface area contributed by atoms with Gasteiger partial charge in [0.2, 0.25) is 0 Å². The van der Waals surface area contributed by atoms with Crippen LogP contribution in [0.4, 0.5) is 10.5 Å². The minimum Gasteiger partial charge on any atom is -0.455 e. The number of carbonyl (C=O) groups excluding carboxylic acids is 3. The van der Waals surface area contributed by atoms with E-state index in [4.69, 9.17) is 4.74 Å². The third kappa shape index (κ3) is 7.04. The van der Waals surface area contributed by atoms with Crippen LogP contribution in [0.2, 0.25) is 0 Å². The molecule has 3 rings (SSSR count). The lowest BCUT2D eigenvalue weighted by atomic mass is 9.97. The van der Waals surface area contributed by atoms with E-state index < -0.39 is 0 Å². The van der Waals surface area contributed by atoms with Crippen molar-refractivity contribution in [2.75, 3.05) is 25.0 Å². The number of nitrogens with zero attached hydrogens (tertiary/aromatic N) is 1. The molecule has 0 aromatic heterocycles. The number of anilines is 1. The van der Waals surface area contributed by atoms with Gasteiger partial charge in [-0.25, -0.2) is 4.79 Å². The summed E-state index contributed by atoms with van der Waals surface area (Å²) < 4.78 is 5.26. The maximum absolute atomic E-state index is 12.3. The van der Waals surface area contributed by atoms with E-state index in [0.29, 0.717) is 25.9 Å². The van der Waals surface area contributed by atoms with Gasteiger partial charge in [-0.3, -0.25) is 9.59 Å². The van der Waals surface area contributed by atoms with Crippen LogP contribution in [0, 0.1) is 5.92 Å². The largest absolute Gasteiger partial charge is 0.455 e. The maximum atomic E-state index is 12.3. The summed E-state index contributed by atoms with van der Waals surface area (Å²) in [5, 5.41) is 5.87. The molecular weight excluding hydrogens is 382 g/mol. The first-order valence-corrected chi connectivity index (χ1v) is 11.2. The van der Waals surface area contributed by atoms with E-state index >= 15 is 0 Å². The number of hydrogen-bond acceptors (Lipinski definition) is 4. The molecule has 1 aliphatic heterocycles. The summed E-state index contributed by atoms with van der Waals surface area (Å²) in [6, 6.07) is 9.34. The Morgan fingerprint density at radius 3 is 2.20 bits per heavy atom. The lowest BCUT2D eigenvalue weighted by Crippen LogP contribution is -2.43. The van der Waals surface area contributed by atoms with E-state index in [9.17, 15) is 14.4 Å². The molecule has 1 heterocycles. The van der Waals surface area contributed by atoms with E-state index in [-0.39, 0.29) is 36.5 Å². The number of carbonyl (C=O) groups is 3. The van der Waals surface area contributed by atoms with Crippen molar-refractivity contribution in [1.29, 1.82) is 0 Å². The second kappa shape index (κ2) is 11.6. The van der Waals surface area contributed by atoms with Gasteiger partial charge in [-0.2, -0.15) is 0 Å². The fourth-order valence-electron chi connectivity index (χ4n) is 4.17. The summed E-state index contributed by atoms with van der Waals surface area (Å²) in [6.45, 7) is 0.767. The van der Waals surface area contributed by atoms with Crippen molar-refractivity contribution in [2.45, 2.75) is 63.8 Å². The number of para-hydroxylation sites is 1. The minimum absolute atomic E-state index is 0.161. The van der Waals surface area contributed by atoms with Crippen LogP contribution in [-0.4, -0.2) is 48.5 Å². The number of likely N-dealkylation sites (tertiary alicyclic amines) is 1. The van der Waals surface area contributed by atoms with Gasteiger partial charge < -0.3 is 20.3 Å². The molecule has 1 aliphatic carbocycles. The van der Waals surface area contributed by atoms with Crippen LogP contribution in [0.1, 0.15) is 57.8 Å². The third-order valence-electron chi connectivity index (χ3n) is 5.96. The van der Waals surface area contributed by atoms with Crippen molar-refractivity contribution in [3.63, 3.8) is 0 Å². The quantitative estimate of drug-likeness (QED) is 0.718. The predicted octanol–water partition coefficient (Wildman–Crippen LogP) is 3.70. The summed E-state index contributed by atoms with van der Waals surface area (Å²) >= 11 is 0. The number of esters is 1. The Labute approximate surface area is 178 Å². The summed E-state index contributed by atoms with van der Waals surface area (Å²) in [5.74, 6) is -0.820. The van der Waals surface area contributed by atoms with Crippen LogP contribution in [0.15, 0.2) is 30.3 Å². The second-order valence-electron chi connectivity index (χ2n) is 8.27. The summed E-state index contributed by atoms with van der Waals surface area (Å²) in [7, 11) is 0. The van der Waals surface area contributed by atoms with Crippen molar-refractivity contribution in [3.05, 3.63) is 30.3 Å². The Hall–Kier alpha value is -2.57. The topological polar surface area (TPSA) is 87.7 Å². The molecule has 0 atom stereocenters. The number of rotatable bonds is 5. The molecule has 1 saturated carbocycles. The molecule has 3 amide bonds. The molecular formula is C23H33N3O4. The van der Waals surface area contributed by atoms with Crippen molar-refractivity contribution >= 4 is 23.6 Å². The fraction of sp³-hybridized carbons (Fsp3) is 0.609. The second-order valence-corrected chi connectivity index (χ2v) is 8.27. The molecule has 2 N–H and O–H groups in total. The van der Waals surface area contributed by atoms with Gasteiger partial charge in [-0.05, 0) is 37.8 Å². The molecule has 7 nitrogen and oxygen atoms in total. The van der Waals surface area contributed by atoms with Gasteiger partial charge in [0.25, 0.3) is 5.91 Å². The van der Waals surface area contributed by atoms with Gasteiger partial charge in [0.1, 0.15) is 0 Å². The van der Waals surface area contributed by atoms with Crippen LogP contribution in [0.3, 0.4) is 0 Å². The smallest absolute Gasteiger partial charge is 0.321 e. The SMILES string of the molecule is O=C(COC(=O)C1CCN(C(=O)Nc2ccccc2)CC1)NC1CCCCCCC1. The zero-order chi connectivity index (χ0) is 21.2. The van der Waals surface area contributed by atoms with E-state index in [2.05, 4.69) is 10.6 Å². The van der Waals surface area contributed by atoms with Crippen molar-refractivity contribution in [3.8, 4) is 0 Å². The molecule has 0 spiro atoms. The molecule has 0 bridgehead atoms. The molecule has 1 saturated heterocycles. The summed E-state index contributed by atoms with van der Waals surface area (Å²) in [4.78, 5) is 38.5. The molecule has 2 fully saturated rings. The molecule has 7 heteroatoms. The highest BCUT2D eigenvalue weighted by Gasteiger charge is 2.29. The Morgan fingerprint density at radius 2 is 1.53 bits per heavy atom. The monoisotopic (exact) mass is 415 g/mol. The molecule has 30 heavy (non-hydrogen) atoms. The third-order valence-corrected chi connectivity index (χ3v) is 5.96. The number of amides is 3. The molecule has 0 radical (unpaired) electrons. The van der Waals surface area contributed by atoms with Gasteiger partial charge in [0.05, 0.1) is 5.92 Å². The molecule has 1 aromatic carbocycles. The zero-order valence-electron chi connectivity index (χ0n) is 17.6.